The highest BCUT2D eigenvalue weighted by molar-refractivity contribution is 6.03. The lowest BCUT2D eigenvalue weighted by atomic mass is 9.95. The van der Waals surface area contributed by atoms with Crippen molar-refractivity contribution < 1.29 is 9.53 Å². The third kappa shape index (κ3) is 4.06. The maximum absolute atomic E-state index is 13.7. The fraction of sp³-hybridized carbons (Fsp3) is 0.308. The molecule has 0 radical (unpaired) electrons. The van der Waals surface area contributed by atoms with E-state index >= 15 is 0 Å². The highest BCUT2D eigenvalue weighted by Crippen LogP contribution is 2.39. The van der Waals surface area contributed by atoms with Crippen molar-refractivity contribution in [3.63, 3.8) is 0 Å². The minimum absolute atomic E-state index is 0.155. The van der Waals surface area contributed by atoms with Crippen molar-refractivity contribution in [3.05, 3.63) is 71.4 Å². The number of benzene rings is 2. The van der Waals surface area contributed by atoms with Crippen LogP contribution in [0.15, 0.2) is 54.6 Å². The summed E-state index contributed by atoms with van der Waals surface area (Å²) in [7, 11) is 1.54. The minimum atomic E-state index is -0.175. The van der Waals surface area contributed by atoms with Crippen molar-refractivity contribution >= 4 is 5.91 Å². The van der Waals surface area contributed by atoms with E-state index in [1.807, 2.05) is 61.5 Å². The molecule has 1 saturated carbocycles. The Morgan fingerprint density at radius 2 is 1.74 bits per heavy atom. The number of aryl methyl sites for hydroxylation is 1. The summed E-state index contributed by atoms with van der Waals surface area (Å²) in [5.74, 6) is 0.199. The van der Waals surface area contributed by atoms with Gasteiger partial charge in [-0.1, -0.05) is 67.3 Å². The Labute approximate surface area is 183 Å². The zero-order valence-corrected chi connectivity index (χ0v) is 18.0. The molecule has 2 aromatic carbocycles. The van der Waals surface area contributed by atoms with Gasteiger partial charge in [0, 0.05) is 17.3 Å². The summed E-state index contributed by atoms with van der Waals surface area (Å²) < 4.78 is 7.47. The predicted octanol–water partition coefficient (Wildman–Crippen LogP) is 5.40. The van der Waals surface area contributed by atoms with Crippen LogP contribution < -0.4 is 10.1 Å². The molecular formula is C26H27N3O2. The van der Waals surface area contributed by atoms with E-state index in [1.165, 1.54) is 6.42 Å². The van der Waals surface area contributed by atoms with Crippen LogP contribution in [0, 0.1) is 18.3 Å². The lowest BCUT2D eigenvalue weighted by Gasteiger charge is -2.23. The van der Waals surface area contributed by atoms with E-state index in [2.05, 4.69) is 11.4 Å². The first-order valence-electron chi connectivity index (χ1n) is 10.8. The molecule has 1 aromatic heterocycles. The van der Waals surface area contributed by atoms with Gasteiger partial charge < -0.3 is 10.1 Å². The van der Waals surface area contributed by atoms with Gasteiger partial charge in [-0.3, -0.25) is 9.36 Å². The number of carbonyl (C=O) groups is 1. The molecule has 0 saturated heterocycles. The van der Waals surface area contributed by atoms with Gasteiger partial charge in [0.2, 0.25) is 5.88 Å². The summed E-state index contributed by atoms with van der Waals surface area (Å²) in [4.78, 5) is 13.7. The number of methoxy groups -OCH3 is 1. The molecule has 158 valence electrons. The molecule has 3 aromatic rings. The molecule has 1 N–H and O–H groups in total. The molecule has 1 heterocycles. The van der Waals surface area contributed by atoms with Gasteiger partial charge in [-0.2, -0.15) is 5.26 Å². The first-order valence-corrected chi connectivity index (χ1v) is 10.8. The average molecular weight is 414 g/mol. The third-order valence-electron chi connectivity index (χ3n) is 5.94. The molecule has 0 atom stereocenters. The van der Waals surface area contributed by atoms with Crippen molar-refractivity contribution in [2.45, 2.75) is 45.1 Å². The smallest absolute Gasteiger partial charge is 0.269 e. The van der Waals surface area contributed by atoms with Crippen LogP contribution in [0.1, 0.15) is 53.7 Å². The quantitative estimate of drug-likeness (QED) is 0.609. The third-order valence-corrected chi connectivity index (χ3v) is 5.94. The molecule has 0 aliphatic heterocycles. The summed E-state index contributed by atoms with van der Waals surface area (Å²) in [5, 5.41) is 13.3. The van der Waals surface area contributed by atoms with E-state index in [0.29, 0.717) is 22.7 Å². The van der Waals surface area contributed by atoms with Gasteiger partial charge >= 0.3 is 0 Å². The molecule has 0 spiro atoms. The maximum atomic E-state index is 13.7. The molecule has 0 bridgehead atoms. The minimum Gasteiger partial charge on any atom is -0.481 e. The number of ether oxygens (including phenoxy) is 1. The van der Waals surface area contributed by atoms with Crippen LogP contribution in [-0.2, 0) is 0 Å². The van der Waals surface area contributed by atoms with Gasteiger partial charge in [-0.25, -0.2) is 0 Å². The number of nitriles is 1. The number of rotatable bonds is 5. The monoisotopic (exact) mass is 413 g/mol. The van der Waals surface area contributed by atoms with E-state index < -0.39 is 0 Å². The van der Waals surface area contributed by atoms with E-state index in [0.717, 1.165) is 42.5 Å². The van der Waals surface area contributed by atoms with Crippen LogP contribution in [0.2, 0.25) is 0 Å². The Balaban J connectivity index is 1.94. The molecule has 4 rings (SSSR count). The van der Waals surface area contributed by atoms with Crippen molar-refractivity contribution in [1.82, 2.24) is 9.88 Å². The fourth-order valence-corrected chi connectivity index (χ4v) is 4.39. The van der Waals surface area contributed by atoms with Crippen molar-refractivity contribution in [3.8, 4) is 28.8 Å². The first kappa shape index (κ1) is 20.7. The van der Waals surface area contributed by atoms with Gasteiger partial charge in [-0.15, -0.1) is 0 Å². The van der Waals surface area contributed by atoms with E-state index in [-0.39, 0.29) is 11.9 Å². The summed E-state index contributed by atoms with van der Waals surface area (Å²) in [6, 6.07) is 19.9. The van der Waals surface area contributed by atoms with Crippen molar-refractivity contribution in [1.29, 1.82) is 5.26 Å². The molecule has 31 heavy (non-hydrogen) atoms. The molecule has 0 unspecified atom stereocenters. The normalized spacial score (nSPS) is 14.1. The Kier molecular flexibility index (Phi) is 6.08. The van der Waals surface area contributed by atoms with Gasteiger partial charge in [0.05, 0.1) is 7.11 Å². The van der Waals surface area contributed by atoms with Crippen LogP contribution >= 0.6 is 0 Å². The average Bonchev–Trinajstić information content (AvgIpc) is 3.15. The molecule has 1 amide bonds. The van der Waals surface area contributed by atoms with Crippen LogP contribution in [0.5, 0.6) is 5.88 Å². The SMILES string of the molecule is COc1c(C#N)c(-c2ccccc2)c(C(=O)NC2CCCCC2)n1-c1ccc(C)cc1. The van der Waals surface area contributed by atoms with E-state index in [4.69, 9.17) is 4.74 Å². The lowest BCUT2D eigenvalue weighted by molar-refractivity contribution is 0.0920. The van der Waals surface area contributed by atoms with E-state index in [1.54, 1.807) is 11.7 Å². The van der Waals surface area contributed by atoms with Gasteiger partial charge in [0.25, 0.3) is 5.91 Å². The number of nitrogens with one attached hydrogen (secondary N) is 1. The molecule has 1 aliphatic rings. The largest absolute Gasteiger partial charge is 0.481 e. The van der Waals surface area contributed by atoms with Gasteiger partial charge in [0.15, 0.2) is 0 Å². The number of hydrogen-bond donors (Lipinski definition) is 1. The van der Waals surface area contributed by atoms with Crippen LogP contribution in [0.4, 0.5) is 0 Å². The first-order chi connectivity index (χ1) is 15.1. The number of amides is 1. The maximum Gasteiger partial charge on any atom is 0.269 e. The molecule has 1 aliphatic carbocycles. The zero-order valence-electron chi connectivity index (χ0n) is 18.0. The summed E-state index contributed by atoms with van der Waals surface area (Å²) in [6.45, 7) is 2.02. The molecule has 5 nitrogen and oxygen atoms in total. The topological polar surface area (TPSA) is 67.0 Å². The standard InChI is InChI=1S/C26H27N3O2/c1-18-13-15-21(16-14-18)29-24(25(30)28-20-11-7-4-8-12-20)23(19-9-5-3-6-10-19)22(17-27)26(29)31-2/h3,5-6,9-10,13-16,20H,4,7-8,11-12H2,1-2H3,(H,28,30). The number of nitrogens with zero attached hydrogens (tertiary/aromatic N) is 2. The second-order valence-electron chi connectivity index (χ2n) is 8.07. The second-order valence-corrected chi connectivity index (χ2v) is 8.07. The Morgan fingerprint density at radius 3 is 2.35 bits per heavy atom. The van der Waals surface area contributed by atoms with Crippen molar-refractivity contribution in [2.75, 3.05) is 7.11 Å². The second kappa shape index (κ2) is 9.09. The Morgan fingerprint density at radius 1 is 1.06 bits per heavy atom. The molecule has 1 fully saturated rings. The van der Waals surface area contributed by atoms with Crippen LogP contribution in [0.3, 0.4) is 0 Å². The molecular weight excluding hydrogens is 386 g/mol. The fourth-order valence-electron chi connectivity index (χ4n) is 4.39. The van der Waals surface area contributed by atoms with Crippen LogP contribution in [-0.4, -0.2) is 23.6 Å². The van der Waals surface area contributed by atoms with Gasteiger partial charge in [-0.05, 0) is 37.5 Å². The Bertz CT molecular complexity index is 1100. The van der Waals surface area contributed by atoms with E-state index in [9.17, 15) is 10.1 Å². The number of aromatic nitrogens is 1. The summed E-state index contributed by atoms with van der Waals surface area (Å²) in [5.41, 5.74) is 4.13. The van der Waals surface area contributed by atoms with Crippen LogP contribution in [0.25, 0.3) is 16.8 Å². The Hall–Kier alpha value is -3.52. The summed E-state index contributed by atoms with van der Waals surface area (Å²) in [6.07, 6.45) is 5.44. The number of carbonyl (C=O) groups excluding carboxylic acids is 1. The number of hydrogen-bond acceptors (Lipinski definition) is 3. The lowest BCUT2D eigenvalue weighted by Crippen LogP contribution is -2.37. The predicted molar refractivity (Wildman–Crippen MR) is 122 cm³/mol. The summed E-state index contributed by atoms with van der Waals surface area (Å²) >= 11 is 0. The molecule has 5 heteroatoms. The highest BCUT2D eigenvalue weighted by atomic mass is 16.5. The van der Waals surface area contributed by atoms with Crippen molar-refractivity contribution in [2.24, 2.45) is 0 Å². The van der Waals surface area contributed by atoms with Gasteiger partial charge in [0.1, 0.15) is 17.3 Å². The highest BCUT2D eigenvalue weighted by Gasteiger charge is 2.31. The zero-order chi connectivity index (χ0) is 21.8.